The van der Waals surface area contributed by atoms with Crippen LogP contribution in [0.1, 0.15) is 55.0 Å². The van der Waals surface area contributed by atoms with E-state index in [-0.39, 0.29) is 16.9 Å². The van der Waals surface area contributed by atoms with Gasteiger partial charge in [0.2, 0.25) is 0 Å². The molecule has 1 saturated carbocycles. The van der Waals surface area contributed by atoms with Crippen LogP contribution in [0.2, 0.25) is 0 Å². The number of halogens is 2. The molecule has 2 N–H and O–H groups in total. The first-order chi connectivity index (χ1) is 14.8. The van der Waals surface area contributed by atoms with Gasteiger partial charge in [0.05, 0.1) is 17.6 Å². The van der Waals surface area contributed by atoms with Gasteiger partial charge in [-0.3, -0.25) is 4.90 Å². The zero-order chi connectivity index (χ0) is 21.8. The number of benzene rings is 1. The molecule has 2 aromatic rings. The Labute approximate surface area is 180 Å². The second-order valence-corrected chi connectivity index (χ2v) is 10.9. The van der Waals surface area contributed by atoms with Gasteiger partial charge in [0.15, 0.2) is 0 Å². The smallest absolute Gasteiger partial charge is 0.256 e. The first-order valence-electron chi connectivity index (χ1n) is 10.7. The van der Waals surface area contributed by atoms with Crippen LogP contribution >= 0.6 is 0 Å². The maximum absolute atomic E-state index is 14.1. The van der Waals surface area contributed by atoms with Crippen molar-refractivity contribution in [2.24, 2.45) is 5.73 Å². The molecule has 5 rings (SSSR count). The minimum atomic E-state index is -3.44. The normalized spacial score (nSPS) is 27.6. The van der Waals surface area contributed by atoms with E-state index >= 15 is 0 Å². The first-order valence-corrected chi connectivity index (χ1v) is 12.2. The van der Waals surface area contributed by atoms with Crippen LogP contribution in [0.5, 0.6) is 0 Å². The fraction of sp³-hybridized carbons (Fsp3) is 0.571. The number of hydrogen-bond donors (Lipinski definition) is 1. The number of aromatic nitrogens is 2. The number of nitrogens with two attached hydrogens (primary N) is 1. The third-order valence-corrected chi connectivity index (χ3v) is 8.77. The maximum atomic E-state index is 14.1. The van der Waals surface area contributed by atoms with E-state index in [2.05, 4.69) is 10.00 Å². The summed E-state index contributed by atoms with van der Waals surface area (Å²) in [6.45, 7) is 1.41. The monoisotopic (exact) mass is 452 g/mol. The molecule has 0 spiro atoms. The number of rotatable bonds is 4. The van der Waals surface area contributed by atoms with Crippen molar-refractivity contribution in [1.82, 2.24) is 14.1 Å². The van der Waals surface area contributed by atoms with Crippen molar-refractivity contribution in [3.8, 4) is 0 Å². The molecule has 0 radical (unpaired) electrons. The van der Waals surface area contributed by atoms with Crippen molar-refractivity contribution >= 4 is 10.0 Å². The van der Waals surface area contributed by atoms with Gasteiger partial charge in [-0.05, 0) is 37.5 Å². The molecule has 1 saturated heterocycles. The predicted molar refractivity (Wildman–Crippen MR) is 109 cm³/mol. The van der Waals surface area contributed by atoms with Crippen molar-refractivity contribution < 1.29 is 21.9 Å². The predicted octanol–water partition coefficient (Wildman–Crippen LogP) is 2.45. The summed E-state index contributed by atoms with van der Waals surface area (Å²) < 4.78 is 60.3. The van der Waals surface area contributed by atoms with Gasteiger partial charge in [-0.25, -0.2) is 17.2 Å². The Hall–Kier alpha value is -1.88. The van der Waals surface area contributed by atoms with Crippen LogP contribution in [0.25, 0.3) is 0 Å². The van der Waals surface area contributed by atoms with Crippen LogP contribution in [0.15, 0.2) is 24.4 Å². The molecule has 0 amide bonds. The van der Waals surface area contributed by atoms with Crippen LogP contribution < -0.4 is 5.73 Å². The topological polar surface area (TPSA) is 90.5 Å². The molecule has 3 aliphatic rings. The lowest BCUT2D eigenvalue weighted by Gasteiger charge is -2.38. The fourth-order valence-electron chi connectivity index (χ4n) is 5.03. The molecular weight excluding hydrogens is 426 g/mol. The number of fused-ring (bicyclic) bond motifs is 1. The maximum Gasteiger partial charge on any atom is 0.256 e. The minimum Gasteiger partial charge on any atom is -0.370 e. The quantitative estimate of drug-likeness (QED) is 0.767. The van der Waals surface area contributed by atoms with E-state index in [4.69, 9.17) is 10.5 Å². The average molecular weight is 453 g/mol. The van der Waals surface area contributed by atoms with Gasteiger partial charge in [-0.1, -0.05) is 12.8 Å². The van der Waals surface area contributed by atoms with Gasteiger partial charge in [-0.2, -0.15) is 9.19 Å². The van der Waals surface area contributed by atoms with Gasteiger partial charge in [-0.15, -0.1) is 0 Å². The summed E-state index contributed by atoms with van der Waals surface area (Å²) in [7, 11) is -3.44. The van der Waals surface area contributed by atoms with E-state index in [9.17, 15) is 17.2 Å². The van der Waals surface area contributed by atoms with Gasteiger partial charge in [0.25, 0.3) is 10.0 Å². The molecule has 1 aromatic heterocycles. The summed E-state index contributed by atoms with van der Waals surface area (Å²) in [6, 6.07) is 2.82. The number of hydrogen-bond acceptors (Lipinski definition) is 6. The Balaban J connectivity index is 1.25. The summed E-state index contributed by atoms with van der Waals surface area (Å²) in [5.74, 6) is -1.05. The molecule has 10 heteroatoms. The van der Waals surface area contributed by atoms with Crippen molar-refractivity contribution in [2.75, 3.05) is 6.61 Å². The lowest BCUT2D eigenvalue weighted by atomic mass is 9.93. The summed E-state index contributed by atoms with van der Waals surface area (Å²) in [6.07, 6.45) is 4.79. The van der Waals surface area contributed by atoms with Gasteiger partial charge in [0.1, 0.15) is 17.7 Å². The first kappa shape index (κ1) is 21.0. The highest BCUT2D eigenvalue weighted by Gasteiger charge is 2.38. The second-order valence-electron chi connectivity index (χ2n) is 8.80. The van der Waals surface area contributed by atoms with E-state index in [1.807, 2.05) is 0 Å². The third kappa shape index (κ3) is 3.79. The highest BCUT2D eigenvalue weighted by Crippen LogP contribution is 2.34. The van der Waals surface area contributed by atoms with Crippen LogP contribution in [-0.4, -0.2) is 46.4 Å². The van der Waals surface area contributed by atoms with Crippen LogP contribution in [0, 0.1) is 11.6 Å². The zero-order valence-corrected chi connectivity index (χ0v) is 17.9. The molecule has 3 atom stereocenters. The molecule has 168 valence electrons. The van der Waals surface area contributed by atoms with Gasteiger partial charge >= 0.3 is 0 Å². The van der Waals surface area contributed by atoms with Crippen LogP contribution in [-0.2, 0) is 27.8 Å². The van der Waals surface area contributed by atoms with Crippen LogP contribution in [0.4, 0.5) is 8.78 Å². The highest BCUT2D eigenvalue weighted by atomic mass is 32.2. The van der Waals surface area contributed by atoms with Crippen molar-refractivity contribution in [2.45, 2.75) is 68.6 Å². The molecule has 0 bridgehead atoms. The molecule has 31 heavy (non-hydrogen) atoms. The van der Waals surface area contributed by atoms with E-state index < -0.39 is 33.8 Å². The van der Waals surface area contributed by atoms with Gasteiger partial charge < -0.3 is 10.5 Å². The Morgan fingerprint density at radius 3 is 2.65 bits per heavy atom. The molecule has 1 aromatic carbocycles. The lowest BCUT2D eigenvalue weighted by molar-refractivity contribution is -0.0533. The average Bonchev–Trinajstić information content (AvgIpc) is 3.46. The summed E-state index contributed by atoms with van der Waals surface area (Å²) >= 11 is 0. The largest absolute Gasteiger partial charge is 0.370 e. The SMILES string of the molecule is N[C@H]1C[C@@H](N2Cc3cn(S(=O)(=O)C4CCCC4)nc3C2)COC1c1cc(F)ccc1F. The number of nitrogens with zero attached hydrogens (tertiary/aromatic N) is 3. The molecular formula is C21H26F2N4O3S. The van der Waals surface area contributed by atoms with Crippen LogP contribution in [0.3, 0.4) is 0 Å². The standard InChI is InChI=1S/C21H26F2N4O3S/c22-14-5-6-18(23)17(7-14)21-19(24)8-15(12-30-21)26-9-13-10-27(25-20(13)11-26)31(28,29)16-3-1-2-4-16/h5-7,10,15-16,19,21H,1-4,8-9,11-12,24H2/t15-,19+,21?/m1/s1. The van der Waals surface area contributed by atoms with E-state index in [1.165, 1.54) is 0 Å². The third-order valence-electron chi connectivity index (χ3n) is 6.75. The molecule has 7 nitrogen and oxygen atoms in total. The fourth-order valence-corrected chi connectivity index (χ4v) is 6.75. The van der Waals surface area contributed by atoms with Crippen molar-refractivity contribution in [3.05, 3.63) is 52.9 Å². The molecule has 2 fully saturated rings. The Bertz CT molecular complexity index is 1060. The Morgan fingerprint density at radius 2 is 1.94 bits per heavy atom. The zero-order valence-electron chi connectivity index (χ0n) is 17.1. The highest BCUT2D eigenvalue weighted by molar-refractivity contribution is 7.90. The molecule has 2 aliphatic heterocycles. The summed E-state index contributed by atoms with van der Waals surface area (Å²) in [5, 5.41) is 4.04. The second kappa shape index (κ2) is 7.91. The summed E-state index contributed by atoms with van der Waals surface area (Å²) in [5.41, 5.74) is 8.08. The molecule has 1 aliphatic carbocycles. The number of ether oxygens (including phenoxy) is 1. The Morgan fingerprint density at radius 1 is 1.16 bits per heavy atom. The minimum absolute atomic E-state index is 0.00282. The van der Waals surface area contributed by atoms with E-state index in [0.29, 0.717) is 39.0 Å². The van der Waals surface area contributed by atoms with E-state index in [0.717, 1.165) is 46.4 Å². The van der Waals surface area contributed by atoms with E-state index in [1.54, 1.807) is 6.20 Å². The molecule has 3 heterocycles. The Kier molecular flexibility index (Phi) is 5.36. The molecule has 1 unspecified atom stereocenters. The summed E-state index contributed by atoms with van der Waals surface area (Å²) in [4.78, 5) is 2.15. The van der Waals surface area contributed by atoms with Crippen molar-refractivity contribution in [1.29, 1.82) is 0 Å². The lowest BCUT2D eigenvalue weighted by Crippen LogP contribution is -2.47. The van der Waals surface area contributed by atoms with Crippen molar-refractivity contribution in [3.63, 3.8) is 0 Å². The van der Waals surface area contributed by atoms with Gasteiger partial charge in [0, 0.05) is 42.5 Å².